The number of carbonyl (C=O) groups excluding carboxylic acids is 1. The fraction of sp³-hybridized carbons (Fsp3) is 0.897. The maximum absolute atomic E-state index is 11.8. The summed E-state index contributed by atoms with van der Waals surface area (Å²) in [6.07, 6.45) is 32.9. The molecule has 2 heteroatoms. The highest BCUT2D eigenvalue weighted by atomic mass is 16.6. The number of allylic oxidation sites excluding steroid dienone is 1. The molecular formula is C29H54O2. The topological polar surface area (TPSA) is 26.3 Å². The lowest BCUT2D eigenvalue weighted by Crippen LogP contribution is -2.32. The average Bonchev–Trinajstić information content (AvgIpc) is 2.77. The molecule has 182 valence electrons. The van der Waals surface area contributed by atoms with E-state index in [4.69, 9.17) is 4.74 Å². The Morgan fingerprint density at radius 3 is 1.39 bits per heavy atom. The van der Waals surface area contributed by atoms with Crippen LogP contribution in [0.15, 0.2) is 11.8 Å². The lowest BCUT2D eigenvalue weighted by atomic mass is 9.93. The molecule has 1 unspecified atom stereocenters. The summed E-state index contributed by atoms with van der Waals surface area (Å²) >= 11 is 0. The SMILES string of the molecule is CCCCCCCCCCCCC/C=C1\OC(=O)C1CCCCCCCCCCCC. The summed E-state index contributed by atoms with van der Waals surface area (Å²) < 4.78 is 5.32. The molecule has 1 rings (SSSR count). The second kappa shape index (κ2) is 21.1. The molecule has 1 aliphatic heterocycles. The molecule has 31 heavy (non-hydrogen) atoms. The van der Waals surface area contributed by atoms with Crippen molar-refractivity contribution < 1.29 is 9.53 Å². The monoisotopic (exact) mass is 434 g/mol. The summed E-state index contributed by atoms with van der Waals surface area (Å²) in [5, 5.41) is 0. The van der Waals surface area contributed by atoms with Gasteiger partial charge in [0.1, 0.15) is 11.7 Å². The fourth-order valence-electron chi connectivity index (χ4n) is 4.65. The largest absolute Gasteiger partial charge is 0.430 e. The third-order valence-corrected chi connectivity index (χ3v) is 6.85. The van der Waals surface area contributed by atoms with Gasteiger partial charge in [-0.15, -0.1) is 0 Å². The third-order valence-electron chi connectivity index (χ3n) is 6.85. The van der Waals surface area contributed by atoms with Crippen molar-refractivity contribution >= 4 is 5.97 Å². The molecular weight excluding hydrogens is 380 g/mol. The van der Waals surface area contributed by atoms with Gasteiger partial charge in [-0.3, -0.25) is 4.79 Å². The van der Waals surface area contributed by atoms with Crippen LogP contribution in [0.5, 0.6) is 0 Å². The van der Waals surface area contributed by atoms with Crippen molar-refractivity contribution in [3.8, 4) is 0 Å². The third kappa shape index (κ3) is 15.6. The van der Waals surface area contributed by atoms with Crippen LogP contribution in [0, 0.1) is 5.92 Å². The van der Waals surface area contributed by atoms with Crippen LogP contribution >= 0.6 is 0 Å². The fourth-order valence-corrected chi connectivity index (χ4v) is 4.65. The van der Waals surface area contributed by atoms with Gasteiger partial charge in [-0.25, -0.2) is 0 Å². The van der Waals surface area contributed by atoms with Gasteiger partial charge in [0.15, 0.2) is 0 Å². The van der Waals surface area contributed by atoms with Gasteiger partial charge in [-0.2, -0.15) is 0 Å². The standard InChI is InChI=1S/C29H54O2/c1-3-5-7-9-11-13-15-16-18-20-22-24-26-28-27(29(30)31-28)25-23-21-19-17-14-12-10-8-6-4-2/h26-27H,3-25H2,1-2H3/b28-26-. The number of unbranched alkanes of at least 4 members (excludes halogenated alkanes) is 20. The van der Waals surface area contributed by atoms with Crippen molar-refractivity contribution in [3.05, 3.63) is 11.8 Å². The van der Waals surface area contributed by atoms with Crippen LogP contribution < -0.4 is 0 Å². The molecule has 1 atom stereocenters. The molecule has 0 aromatic rings. The Balaban J connectivity index is 1.91. The Labute approximate surface area is 195 Å². The van der Waals surface area contributed by atoms with Gasteiger partial charge < -0.3 is 4.74 Å². The van der Waals surface area contributed by atoms with Crippen molar-refractivity contribution in [2.75, 3.05) is 0 Å². The van der Waals surface area contributed by atoms with Crippen molar-refractivity contribution in [1.82, 2.24) is 0 Å². The Kier molecular flexibility index (Phi) is 19.2. The van der Waals surface area contributed by atoms with E-state index in [-0.39, 0.29) is 11.9 Å². The zero-order valence-corrected chi connectivity index (χ0v) is 21.2. The molecule has 0 bridgehead atoms. The number of cyclic esters (lactones) is 1. The molecule has 1 saturated heterocycles. The van der Waals surface area contributed by atoms with Gasteiger partial charge >= 0.3 is 5.97 Å². The van der Waals surface area contributed by atoms with Crippen molar-refractivity contribution in [2.24, 2.45) is 5.92 Å². The Hall–Kier alpha value is -0.790. The average molecular weight is 435 g/mol. The highest BCUT2D eigenvalue weighted by Crippen LogP contribution is 2.32. The Bertz CT molecular complexity index is 440. The summed E-state index contributed by atoms with van der Waals surface area (Å²) in [7, 11) is 0. The van der Waals surface area contributed by atoms with Crippen LogP contribution in [0.3, 0.4) is 0 Å². The first-order valence-electron chi connectivity index (χ1n) is 14.2. The molecule has 0 aliphatic carbocycles. The molecule has 0 amide bonds. The van der Waals surface area contributed by atoms with Crippen molar-refractivity contribution in [3.63, 3.8) is 0 Å². The second-order valence-electron chi connectivity index (χ2n) is 9.88. The number of carbonyl (C=O) groups is 1. The number of esters is 1. The highest BCUT2D eigenvalue weighted by Gasteiger charge is 2.36. The Morgan fingerprint density at radius 2 is 0.968 bits per heavy atom. The summed E-state index contributed by atoms with van der Waals surface area (Å²) in [4.78, 5) is 11.8. The molecule has 0 radical (unpaired) electrons. The number of ether oxygens (including phenoxy) is 1. The minimum absolute atomic E-state index is 0.0149. The predicted molar refractivity (Wildman–Crippen MR) is 135 cm³/mol. The number of hydrogen-bond donors (Lipinski definition) is 0. The first-order valence-corrected chi connectivity index (χ1v) is 14.2. The molecule has 0 saturated carbocycles. The van der Waals surface area contributed by atoms with Crippen molar-refractivity contribution in [2.45, 2.75) is 162 Å². The summed E-state index contributed by atoms with van der Waals surface area (Å²) in [5.41, 5.74) is 0. The van der Waals surface area contributed by atoms with E-state index in [9.17, 15) is 4.79 Å². The molecule has 1 fully saturated rings. The molecule has 0 aromatic heterocycles. The minimum Gasteiger partial charge on any atom is -0.430 e. The lowest BCUT2D eigenvalue weighted by Gasteiger charge is -2.28. The van der Waals surface area contributed by atoms with Gasteiger partial charge in [-0.05, 0) is 25.3 Å². The first-order chi connectivity index (χ1) is 15.3. The minimum atomic E-state index is 0.0149. The van der Waals surface area contributed by atoms with Gasteiger partial charge in [0.25, 0.3) is 0 Å². The highest BCUT2D eigenvalue weighted by molar-refractivity contribution is 5.82. The van der Waals surface area contributed by atoms with E-state index < -0.39 is 0 Å². The first kappa shape index (κ1) is 28.2. The predicted octanol–water partition coefficient (Wildman–Crippen LogP) is 10.1. The Morgan fingerprint density at radius 1 is 0.581 bits per heavy atom. The summed E-state index contributed by atoms with van der Waals surface area (Å²) in [6.45, 7) is 4.56. The molecule has 1 heterocycles. The van der Waals surface area contributed by atoms with E-state index in [0.717, 1.165) is 18.6 Å². The van der Waals surface area contributed by atoms with Crippen LogP contribution in [-0.4, -0.2) is 5.97 Å². The van der Waals surface area contributed by atoms with Crippen LogP contribution in [0.4, 0.5) is 0 Å². The van der Waals surface area contributed by atoms with Gasteiger partial charge in [-0.1, -0.05) is 142 Å². The molecule has 0 spiro atoms. The van der Waals surface area contributed by atoms with E-state index in [0.29, 0.717) is 0 Å². The maximum Gasteiger partial charge on any atom is 0.321 e. The maximum atomic E-state index is 11.8. The smallest absolute Gasteiger partial charge is 0.321 e. The second-order valence-corrected chi connectivity index (χ2v) is 9.88. The van der Waals surface area contributed by atoms with Crippen LogP contribution in [0.2, 0.25) is 0 Å². The van der Waals surface area contributed by atoms with Gasteiger partial charge in [0, 0.05) is 0 Å². The molecule has 0 aromatic carbocycles. The van der Waals surface area contributed by atoms with Gasteiger partial charge in [0.05, 0.1) is 0 Å². The van der Waals surface area contributed by atoms with Crippen LogP contribution in [0.25, 0.3) is 0 Å². The lowest BCUT2D eigenvalue weighted by molar-refractivity contribution is -0.157. The number of hydrogen-bond acceptors (Lipinski definition) is 2. The van der Waals surface area contributed by atoms with E-state index >= 15 is 0 Å². The molecule has 2 nitrogen and oxygen atoms in total. The quantitative estimate of drug-likeness (QED) is 0.118. The van der Waals surface area contributed by atoms with Crippen LogP contribution in [0.1, 0.15) is 162 Å². The van der Waals surface area contributed by atoms with Crippen LogP contribution in [-0.2, 0) is 9.53 Å². The molecule has 0 N–H and O–H groups in total. The summed E-state index contributed by atoms with van der Waals surface area (Å²) in [5.74, 6) is 1.08. The normalized spacial score (nSPS) is 17.2. The zero-order valence-electron chi connectivity index (χ0n) is 21.2. The van der Waals surface area contributed by atoms with E-state index in [1.165, 1.54) is 135 Å². The van der Waals surface area contributed by atoms with E-state index in [1.807, 2.05) is 0 Å². The zero-order chi connectivity index (χ0) is 22.4. The van der Waals surface area contributed by atoms with E-state index in [2.05, 4.69) is 19.9 Å². The van der Waals surface area contributed by atoms with E-state index in [1.54, 1.807) is 0 Å². The molecule has 1 aliphatic rings. The van der Waals surface area contributed by atoms with Gasteiger partial charge in [0.2, 0.25) is 0 Å². The van der Waals surface area contributed by atoms with Crippen molar-refractivity contribution in [1.29, 1.82) is 0 Å². The summed E-state index contributed by atoms with van der Waals surface area (Å²) in [6, 6.07) is 0. The number of rotatable bonds is 23.